The maximum atomic E-state index is 13.5. The van der Waals surface area contributed by atoms with Crippen molar-refractivity contribution in [3.8, 4) is 5.75 Å². The van der Waals surface area contributed by atoms with Gasteiger partial charge >= 0.3 is 17.8 Å². The number of carbonyl (C=O) groups is 3. The van der Waals surface area contributed by atoms with Crippen molar-refractivity contribution in [3.63, 3.8) is 0 Å². The summed E-state index contributed by atoms with van der Waals surface area (Å²) in [7, 11) is 0. The van der Waals surface area contributed by atoms with Crippen molar-refractivity contribution in [2.75, 3.05) is 24.6 Å². The van der Waals surface area contributed by atoms with Gasteiger partial charge in [-0.25, -0.2) is 9.59 Å². The number of carbonyl (C=O) groups excluding carboxylic acids is 3. The standard InChI is InChI=1S/C29H29F3N2O6/c1-3-8-22-24(12-11-21-23(29(30,31)32)16-26(37)40-27(21)22)39-14-6-4-5-13-33-25(36)17-34(28(33)38)20-10-7-9-19(15-20)18(2)35/h7,9-12,15-16H,3-6,8,13-14,17H2,1-2H3. The minimum Gasteiger partial charge on any atom is -0.493 e. The molecule has 1 aliphatic rings. The molecule has 0 spiro atoms. The van der Waals surface area contributed by atoms with Crippen LogP contribution in [0.15, 0.2) is 51.7 Å². The predicted molar refractivity (Wildman–Crippen MR) is 142 cm³/mol. The van der Waals surface area contributed by atoms with Crippen LogP contribution in [0.3, 0.4) is 0 Å². The topological polar surface area (TPSA) is 97.1 Å². The molecule has 3 aromatic rings. The second kappa shape index (κ2) is 11.9. The fourth-order valence-electron chi connectivity index (χ4n) is 4.71. The van der Waals surface area contributed by atoms with Gasteiger partial charge < -0.3 is 9.15 Å². The summed E-state index contributed by atoms with van der Waals surface area (Å²) in [4.78, 5) is 51.4. The molecule has 1 aliphatic heterocycles. The maximum absolute atomic E-state index is 13.5. The van der Waals surface area contributed by atoms with Crippen LogP contribution in [0.25, 0.3) is 11.0 Å². The van der Waals surface area contributed by atoms with Gasteiger partial charge in [0.05, 0.1) is 12.2 Å². The van der Waals surface area contributed by atoms with E-state index in [1.54, 1.807) is 24.3 Å². The van der Waals surface area contributed by atoms with E-state index >= 15 is 0 Å². The number of hydrogen-bond donors (Lipinski definition) is 0. The quantitative estimate of drug-likeness (QED) is 0.124. The Bertz CT molecular complexity index is 1500. The summed E-state index contributed by atoms with van der Waals surface area (Å²) < 4.78 is 51.5. The summed E-state index contributed by atoms with van der Waals surface area (Å²) >= 11 is 0. The van der Waals surface area contributed by atoms with Gasteiger partial charge in [-0.05, 0) is 56.9 Å². The van der Waals surface area contributed by atoms with Gasteiger partial charge in [-0.2, -0.15) is 13.2 Å². The average Bonchev–Trinajstić information content (AvgIpc) is 3.19. The van der Waals surface area contributed by atoms with Crippen LogP contribution >= 0.6 is 0 Å². The van der Waals surface area contributed by atoms with Gasteiger partial charge in [0.1, 0.15) is 17.9 Å². The van der Waals surface area contributed by atoms with Crippen LogP contribution < -0.4 is 15.3 Å². The highest BCUT2D eigenvalue weighted by molar-refractivity contribution is 6.12. The van der Waals surface area contributed by atoms with Crippen molar-refractivity contribution in [1.29, 1.82) is 0 Å². The molecule has 1 saturated heterocycles. The molecule has 2 heterocycles. The number of benzene rings is 2. The van der Waals surface area contributed by atoms with E-state index in [-0.39, 0.29) is 42.4 Å². The zero-order valence-corrected chi connectivity index (χ0v) is 22.2. The Labute approximate surface area is 228 Å². The number of alkyl halides is 3. The Hall–Kier alpha value is -4.15. The summed E-state index contributed by atoms with van der Waals surface area (Å²) in [5.74, 6) is -0.111. The number of amides is 3. The molecule has 0 aliphatic carbocycles. The lowest BCUT2D eigenvalue weighted by Crippen LogP contribution is -2.33. The summed E-state index contributed by atoms with van der Waals surface area (Å²) in [6.07, 6.45) is -2.01. The Morgan fingerprint density at radius 2 is 1.82 bits per heavy atom. The molecule has 0 unspecified atom stereocenters. The molecule has 0 N–H and O–H groups in total. The van der Waals surface area contributed by atoms with Crippen LogP contribution in [-0.2, 0) is 17.4 Å². The summed E-state index contributed by atoms with van der Waals surface area (Å²) in [6, 6.07) is 9.29. The zero-order chi connectivity index (χ0) is 29.0. The van der Waals surface area contributed by atoms with Crippen molar-refractivity contribution in [2.45, 2.75) is 52.1 Å². The van der Waals surface area contributed by atoms with Crippen LogP contribution in [0.1, 0.15) is 61.0 Å². The number of Topliss-reactive ketones (excluding diaryl/α,β-unsaturated/α-hetero) is 1. The van der Waals surface area contributed by atoms with Gasteiger partial charge in [0.2, 0.25) is 0 Å². The number of urea groups is 1. The van der Waals surface area contributed by atoms with Crippen molar-refractivity contribution in [3.05, 3.63) is 69.6 Å². The smallest absolute Gasteiger partial charge is 0.417 e. The monoisotopic (exact) mass is 558 g/mol. The van der Waals surface area contributed by atoms with Crippen LogP contribution in [0, 0.1) is 0 Å². The molecular formula is C29H29F3N2O6. The number of anilines is 1. The highest BCUT2D eigenvalue weighted by atomic mass is 19.4. The number of ether oxygens (including phenoxy) is 1. The lowest BCUT2D eigenvalue weighted by atomic mass is 10.0. The molecule has 11 heteroatoms. The van der Waals surface area contributed by atoms with E-state index in [1.165, 1.54) is 28.9 Å². The predicted octanol–water partition coefficient (Wildman–Crippen LogP) is 5.98. The molecule has 40 heavy (non-hydrogen) atoms. The normalized spacial score (nSPS) is 13.9. The molecule has 4 rings (SSSR count). The molecule has 3 amide bonds. The Morgan fingerprint density at radius 1 is 1.05 bits per heavy atom. The van der Waals surface area contributed by atoms with Crippen molar-refractivity contribution in [1.82, 2.24) is 4.90 Å². The molecule has 0 bridgehead atoms. The number of rotatable bonds is 11. The SMILES string of the molecule is CCCc1c(OCCCCCN2C(=O)CN(c3cccc(C(C)=O)c3)C2=O)ccc2c(C(F)(F)F)cc(=O)oc12. The van der Waals surface area contributed by atoms with E-state index in [4.69, 9.17) is 9.15 Å². The Kier molecular flexibility index (Phi) is 8.61. The molecule has 2 aromatic carbocycles. The first kappa shape index (κ1) is 28.8. The van der Waals surface area contributed by atoms with E-state index in [1.807, 2.05) is 6.92 Å². The maximum Gasteiger partial charge on any atom is 0.417 e. The van der Waals surface area contributed by atoms with E-state index in [2.05, 4.69) is 0 Å². The van der Waals surface area contributed by atoms with Gasteiger partial charge in [0.15, 0.2) is 5.78 Å². The number of nitrogens with zero attached hydrogens (tertiary/aromatic N) is 2. The van der Waals surface area contributed by atoms with Gasteiger partial charge in [0, 0.05) is 34.8 Å². The first-order chi connectivity index (χ1) is 19.0. The highest BCUT2D eigenvalue weighted by Crippen LogP contribution is 2.37. The Balaban J connectivity index is 1.34. The Morgan fingerprint density at radius 3 is 2.52 bits per heavy atom. The van der Waals surface area contributed by atoms with Crippen molar-refractivity contribution in [2.24, 2.45) is 0 Å². The number of aryl methyl sites for hydroxylation is 1. The molecule has 1 fully saturated rings. The molecular weight excluding hydrogens is 529 g/mol. The van der Waals surface area contributed by atoms with E-state index in [9.17, 15) is 32.3 Å². The molecule has 8 nitrogen and oxygen atoms in total. The van der Waals surface area contributed by atoms with Gasteiger partial charge in [-0.1, -0.05) is 25.5 Å². The van der Waals surface area contributed by atoms with Crippen LogP contribution in [0.5, 0.6) is 5.75 Å². The third kappa shape index (κ3) is 6.19. The minimum absolute atomic E-state index is 0.0996. The van der Waals surface area contributed by atoms with E-state index in [0.29, 0.717) is 60.7 Å². The second-order valence-electron chi connectivity index (χ2n) is 9.58. The first-order valence-corrected chi connectivity index (χ1v) is 13.0. The highest BCUT2D eigenvalue weighted by Gasteiger charge is 2.37. The van der Waals surface area contributed by atoms with Gasteiger partial charge in [-0.15, -0.1) is 0 Å². The number of halogens is 3. The van der Waals surface area contributed by atoms with E-state index in [0.717, 1.165) is 0 Å². The zero-order valence-electron chi connectivity index (χ0n) is 22.2. The lowest BCUT2D eigenvalue weighted by Gasteiger charge is -2.18. The van der Waals surface area contributed by atoms with Crippen molar-refractivity contribution >= 4 is 34.4 Å². The molecule has 212 valence electrons. The summed E-state index contributed by atoms with van der Waals surface area (Å²) in [5.41, 5.74) is -0.899. The average molecular weight is 559 g/mol. The van der Waals surface area contributed by atoms with Crippen LogP contribution in [-0.4, -0.2) is 42.3 Å². The van der Waals surface area contributed by atoms with Crippen molar-refractivity contribution < 1.29 is 36.7 Å². The largest absolute Gasteiger partial charge is 0.493 e. The molecule has 1 aromatic heterocycles. The third-order valence-corrected chi connectivity index (χ3v) is 6.68. The summed E-state index contributed by atoms with van der Waals surface area (Å²) in [5, 5.41) is -0.190. The fraction of sp³-hybridized carbons (Fsp3) is 0.379. The fourth-order valence-corrected chi connectivity index (χ4v) is 4.71. The number of fused-ring (bicyclic) bond motifs is 1. The summed E-state index contributed by atoms with van der Waals surface area (Å²) in [6.45, 7) is 3.66. The molecule has 0 radical (unpaired) electrons. The first-order valence-electron chi connectivity index (χ1n) is 13.0. The van der Waals surface area contributed by atoms with Gasteiger partial charge in [-0.3, -0.25) is 19.4 Å². The second-order valence-corrected chi connectivity index (χ2v) is 9.58. The number of ketones is 1. The number of hydrogen-bond acceptors (Lipinski definition) is 6. The minimum atomic E-state index is -4.70. The number of unbranched alkanes of at least 4 members (excludes halogenated alkanes) is 2. The van der Waals surface area contributed by atoms with Crippen LogP contribution in [0.2, 0.25) is 0 Å². The van der Waals surface area contributed by atoms with E-state index < -0.39 is 23.4 Å². The molecule has 0 saturated carbocycles. The molecule has 0 atom stereocenters. The lowest BCUT2D eigenvalue weighted by molar-refractivity contribution is -0.136. The van der Waals surface area contributed by atoms with Gasteiger partial charge in [0.25, 0.3) is 5.91 Å². The third-order valence-electron chi connectivity index (χ3n) is 6.68. The number of imide groups is 1. The van der Waals surface area contributed by atoms with Crippen LogP contribution in [0.4, 0.5) is 23.7 Å².